The van der Waals surface area contributed by atoms with Crippen LogP contribution >= 0.6 is 15.9 Å². The molecule has 0 fully saturated rings. The van der Waals surface area contributed by atoms with Gasteiger partial charge in [0.15, 0.2) is 0 Å². The van der Waals surface area contributed by atoms with Crippen LogP contribution in [-0.2, 0) is 16.1 Å². The van der Waals surface area contributed by atoms with Crippen LogP contribution in [0.5, 0.6) is 0 Å². The maximum Gasteiger partial charge on any atom is 0.307 e. The first-order chi connectivity index (χ1) is 9.20. The fourth-order valence-corrected chi connectivity index (χ4v) is 2.30. The minimum Gasteiger partial charge on any atom is -0.466 e. The standard InChI is InChI=1S/C14H17BrN2O2/c1-2-19-14(18)5-6-16-8-10-9-17-13-4-3-11(15)7-12(10)13/h3-4,7,9,16-17H,2,5-6,8H2,1H3. The molecular formula is C14H17BrN2O2. The summed E-state index contributed by atoms with van der Waals surface area (Å²) in [4.78, 5) is 14.4. The Morgan fingerprint density at radius 1 is 1.47 bits per heavy atom. The molecule has 4 nitrogen and oxygen atoms in total. The second-order valence-corrected chi connectivity index (χ2v) is 5.15. The van der Waals surface area contributed by atoms with Gasteiger partial charge in [0.2, 0.25) is 0 Å². The summed E-state index contributed by atoms with van der Waals surface area (Å²) in [6.07, 6.45) is 2.40. The molecule has 0 aliphatic carbocycles. The Labute approximate surface area is 120 Å². The van der Waals surface area contributed by atoms with Crippen molar-refractivity contribution in [1.29, 1.82) is 0 Å². The predicted octanol–water partition coefficient (Wildman–Crippen LogP) is 2.97. The Bertz CT molecular complexity index is 566. The van der Waals surface area contributed by atoms with Crippen LogP contribution in [0.4, 0.5) is 0 Å². The molecule has 0 spiro atoms. The SMILES string of the molecule is CCOC(=O)CCNCc1c[nH]c2ccc(Br)cc12. The van der Waals surface area contributed by atoms with Gasteiger partial charge in [0, 0.05) is 34.7 Å². The largest absolute Gasteiger partial charge is 0.466 e. The predicted molar refractivity (Wildman–Crippen MR) is 79.0 cm³/mol. The molecule has 19 heavy (non-hydrogen) atoms. The Morgan fingerprint density at radius 2 is 2.32 bits per heavy atom. The van der Waals surface area contributed by atoms with Gasteiger partial charge in [-0.15, -0.1) is 0 Å². The molecule has 0 aliphatic rings. The first-order valence-corrected chi connectivity index (χ1v) is 7.12. The van der Waals surface area contributed by atoms with Crippen molar-refractivity contribution in [3.8, 4) is 0 Å². The van der Waals surface area contributed by atoms with Crippen molar-refractivity contribution in [2.24, 2.45) is 0 Å². The maximum absolute atomic E-state index is 11.2. The molecule has 102 valence electrons. The monoisotopic (exact) mass is 324 g/mol. The molecule has 0 saturated heterocycles. The number of esters is 1. The van der Waals surface area contributed by atoms with Crippen LogP contribution in [0, 0.1) is 0 Å². The lowest BCUT2D eigenvalue weighted by atomic mass is 10.2. The van der Waals surface area contributed by atoms with E-state index in [0.717, 1.165) is 16.5 Å². The number of fused-ring (bicyclic) bond motifs is 1. The normalized spacial score (nSPS) is 10.8. The quantitative estimate of drug-likeness (QED) is 0.634. The third-order valence-electron chi connectivity index (χ3n) is 2.86. The average molecular weight is 325 g/mol. The molecule has 1 aromatic carbocycles. The molecule has 0 aliphatic heterocycles. The molecule has 0 amide bonds. The van der Waals surface area contributed by atoms with E-state index in [1.165, 1.54) is 10.9 Å². The number of rotatable bonds is 6. The van der Waals surface area contributed by atoms with E-state index in [4.69, 9.17) is 4.74 Å². The van der Waals surface area contributed by atoms with E-state index in [1.807, 2.05) is 25.3 Å². The van der Waals surface area contributed by atoms with Crippen molar-refractivity contribution < 1.29 is 9.53 Å². The van der Waals surface area contributed by atoms with Gasteiger partial charge in [-0.2, -0.15) is 0 Å². The minimum absolute atomic E-state index is 0.156. The van der Waals surface area contributed by atoms with E-state index in [9.17, 15) is 4.79 Å². The van der Waals surface area contributed by atoms with Crippen molar-refractivity contribution in [3.63, 3.8) is 0 Å². The summed E-state index contributed by atoms with van der Waals surface area (Å²) in [6, 6.07) is 6.15. The van der Waals surface area contributed by atoms with Crippen LogP contribution < -0.4 is 5.32 Å². The summed E-state index contributed by atoms with van der Waals surface area (Å²) < 4.78 is 5.94. The second kappa shape index (κ2) is 6.73. The van der Waals surface area contributed by atoms with Crippen molar-refractivity contribution in [3.05, 3.63) is 34.4 Å². The molecule has 0 unspecified atom stereocenters. The van der Waals surface area contributed by atoms with E-state index in [-0.39, 0.29) is 5.97 Å². The highest BCUT2D eigenvalue weighted by molar-refractivity contribution is 9.10. The highest BCUT2D eigenvalue weighted by atomic mass is 79.9. The van der Waals surface area contributed by atoms with Gasteiger partial charge in [-0.3, -0.25) is 4.79 Å². The number of H-pyrrole nitrogens is 1. The van der Waals surface area contributed by atoms with Crippen LogP contribution in [0.25, 0.3) is 10.9 Å². The molecule has 5 heteroatoms. The fourth-order valence-electron chi connectivity index (χ4n) is 1.94. The number of benzene rings is 1. The third kappa shape index (κ3) is 3.81. The van der Waals surface area contributed by atoms with Crippen LogP contribution in [-0.4, -0.2) is 24.1 Å². The first kappa shape index (κ1) is 14.1. The molecule has 2 N–H and O–H groups in total. The summed E-state index contributed by atoms with van der Waals surface area (Å²) in [5.41, 5.74) is 2.31. The molecular weight excluding hydrogens is 308 g/mol. The topological polar surface area (TPSA) is 54.1 Å². The number of ether oxygens (including phenoxy) is 1. The number of hydrogen-bond acceptors (Lipinski definition) is 3. The van der Waals surface area contributed by atoms with Crippen molar-refractivity contribution in [2.45, 2.75) is 19.9 Å². The maximum atomic E-state index is 11.2. The van der Waals surface area contributed by atoms with Gasteiger partial charge < -0.3 is 15.0 Å². The summed E-state index contributed by atoms with van der Waals surface area (Å²) in [5, 5.41) is 4.45. The van der Waals surface area contributed by atoms with Crippen LogP contribution in [0.15, 0.2) is 28.9 Å². The van der Waals surface area contributed by atoms with Gasteiger partial charge in [0.25, 0.3) is 0 Å². The summed E-state index contributed by atoms with van der Waals surface area (Å²) >= 11 is 3.47. The number of hydrogen-bond donors (Lipinski definition) is 2. The Kier molecular flexibility index (Phi) is 4.99. The Hall–Kier alpha value is -1.33. The van der Waals surface area contributed by atoms with E-state index in [0.29, 0.717) is 19.6 Å². The van der Waals surface area contributed by atoms with Gasteiger partial charge in [0.05, 0.1) is 13.0 Å². The molecule has 2 rings (SSSR count). The average Bonchev–Trinajstić information content (AvgIpc) is 2.77. The van der Waals surface area contributed by atoms with E-state index < -0.39 is 0 Å². The highest BCUT2D eigenvalue weighted by Crippen LogP contribution is 2.22. The third-order valence-corrected chi connectivity index (χ3v) is 3.35. The van der Waals surface area contributed by atoms with E-state index in [2.05, 4.69) is 32.3 Å². The lowest BCUT2D eigenvalue weighted by Crippen LogP contribution is -2.18. The zero-order valence-electron chi connectivity index (χ0n) is 10.8. The molecule has 0 atom stereocenters. The summed E-state index contributed by atoms with van der Waals surface area (Å²) in [5.74, 6) is -0.156. The van der Waals surface area contributed by atoms with Gasteiger partial charge in [-0.1, -0.05) is 15.9 Å². The lowest BCUT2D eigenvalue weighted by Gasteiger charge is -2.04. The zero-order valence-corrected chi connectivity index (χ0v) is 12.4. The van der Waals surface area contributed by atoms with Crippen molar-refractivity contribution in [1.82, 2.24) is 10.3 Å². The number of halogens is 1. The van der Waals surface area contributed by atoms with E-state index >= 15 is 0 Å². The zero-order chi connectivity index (χ0) is 13.7. The van der Waals surface area contributed by atoms with Gasteiger partial charge >= 0.3 is 5.97 Å². The molecule has 0 bridgehead atoms. The smallest absolute Gasteiger partial charge is 0.307 e. The Balaban J connectivity index is 1.88. The minimum atomic E-state index is -0.156. The molecule has 0 saturated carbocycles. The van der Waals surface area contributed by atoms with Gasteiger partial charge in [-0.25, -0.2) is 0 Å². The van der Waals surface area contributed by atoms with Crippen molar-refractivity contribution in [2.75, 3.05) is 13.2 Å². The van der Waals surface area contributed by atoms with Gasteiger partial charge in [0.1, 0.15) is 0 Å². The number of carbonyl (C=O) groups excluding carboxylic acids is 1. The number of carbonyl (C=O) groups is 1. The van der Waals surface area contributed by atoms with Crippen LogP contribution in [0.2, 0.25) is 0 Å². The fraction of sp³-hybridized carbons (Fsp3) is 0.357. The Morgan fingerprint density at radius 3 is 3.11 bits per heavy atom. The second-order valence-electron chi connectivity index (χ2n) is 4.24. The van der Waals surface area contributed by atoms with Crippen molar-refractivity contribution >= 4 is 32.8 Å². The first-order valence-electron chi connectivity index (χ1n) is 6.32. The molecule has 1 aromatic heterocycles. The number of aromatic amines is 1. The summed E-state index contributed by atoms with van der Waals surface area (Å²) in [6.45, 7) is 3.61. The summed E-state index contributed by atoms with van der Waals surface area (Å²) in [7, 11) is 0. The van der Waals surface area contributed by atoms with E-state index in [1.54, 1.807) is 0 Å². The highest BCUT2D eigenvalue weighted by Gasteiger charge is 2.05. The van der Waals surface area contributed by atoms with Gasteiger partial charge in [-0.05, 0) is 30.7 Å². The molecule has 1 heterocycles. The van der Waals surface area contributed by atoms with Crippen LogP contribution in [0.3, 0.4) is 0 Å². The molecule has 2 aromatic rings. The molecule has 0 radical (unpaired) electrons. The van der Waals surface area contributed by atoms with Crippen LogP contribution in [0.1, 0.15) is 18.9 Å². The number of nitrogens with one attached hydrogen (secondary N) is 2. The lowest BCUT2D eigenvalue weighted by molar-refractivity contribution is -0.142. The number of aromatic nitrogens is 1.